The van der Waals surface area contributed by atoms with Gasteiger partial charge < -0.3 is 19.9 Å². The third kappa shape index (κ3) is 4.25. The van der Waals surface area contributed by atoms with Gasteiger partial charge in [0.05, 0.1) is 19.0 Å². The summed E-state index contributed by atoms with van der Waals surface area (Å²) >= 11 is 0. The van der Waals surface area contributed by atoms with Crippen molar-refractivity contribution in [2.24, 2.45) is 0 Å². The van der Waals surface area contributed by atoms with Crippen molar-refractivity contribution in [2.75, 3.05) is 45.7 Å². The van der Waals surface area contributed by atoms with Crippen LogP contribution in [-0.4, -0.2) is 70.4 Å². The number of rotatable bonds is 5. The number of likely N-dealkylation sites (N-methyl/N-ethyl adjacent to an activating group) is 1. The first-order valence-electron chi connectivity index (χ1n) is 10.9. The van der Waals surface area contributed by atoms with Gasteiger partial charge in [-0.25, -0.2) is 9.97 Å². The summed E-state index contributed by atoms with van der Waals surface area (Å²) in [5.41, 5.74) is 4.26. The van der Waals surface area contributed by atoms with E-state index < -0.39 is 0 Å². The van der Waals surface area contributed by atoms with E-state index in [-0.39, 0.29) is 5.91 Å². The van der Waals surface area contributed by atoms with Crippen LogP contribution in [0.3, 0.4) is 0 Å². The van der Waals surface area contributed by atoms with Gasteiger partial charge in [0.15, 0.2) is 11.5 Å². The van der Waals surface area contributed by atoms with E-state index in [9.17, 15) is 4.79 Å². The molecule has 1 aliphatic rings. The Balaban J connectivity index is 1.35. The van der Waals surface area contributed by atoms with Gasteiger partial charge in [0.2, 0.25) is 0 Å². The average molecular weight is 443 g/mol. The number of carbonyl (C=O) groups excluding carboxylic acids is 1. The van der Waals surface area contributed by atoms with Crippen LogP contribution in [0.2, 0.25) is 0 Å². The Bertz CT molecular complexity index is 1260. The minimum absolute atomic E-state index is 0.0762. The molecule has 2 aromatic carbocycles. The van der Waals surface area contributed by atoms with Crippen molar-refractivity contribution in [1.29, 1.82) is 0 Å². The van der Waals surface area contributed by atoms with Crippen LogP contribution in [0.5, 0.6) is 5.75 Å². The lowest BCUT2D eigenvalue weighted by Crippen LogP contribution is -2.47. The molecule has 5 rings (SSSR count). The number of nitrogens with one attached hydrogen (secondary N) is 1. The maximum absolute atomic E-state index is 12.8. The quantitative estimate of drug-likeness (QED) is 0.510. The molecule has 0 aliphatic carbocycles. The Kier molecular flexibility index (Phi) is 5.66. The normalized spacial score (nSPS) is 14.4. The molecule has 4 aromatic rings. The second kappa shape index (κ2) is 8.91. The molecule has 3 heterocycles. The average Bonchev–Trinajstić information content (AvgIpc) is 3.30. The molecule has 0 bridgehead atoms. The van der Waals surface area contributed by atoms with Crippen LogP contribution < -0.4 is 10.1 Å². The Hall–Kier alpha value is -3.91. The summed E-state index contributed by atoms with van der Waals surface area (Å²) in [6.45, 7) is 3.34. The topological polar surface area (TPSA) is 75.0 Å². The monoisotopic (exact) mass is 442 g/mol. The molecule has 2 aromatic heterocycles. The van der Waals surface area contributed by atoms with Crippen LogP contribution in [0.25, 0.3) is 16.9 Å². The number of anilines is 2. The predicted molar refractivity (Wildman–Crippen MR) is 128 cm³/mol. The minimum Gasteiger partial charge on any atom is -0.497 e. The van der Waals surface area contributed by atoms with E-state index in [1.54, 1.807) is 13.3 Å². The third-order valence-corrected chi connectivity index (χ3v) is 6.00. The summed E-state index contributed by atoms with van der Waals surface area (Å²) in [4.78, 5) is 26.0. The smallest absolute Gasteiger partial charge is 0.253 e. The number of methoxy groups -OCH3 is 1. The third-order valence-electron chi connectivity index (χ3n) is 6.00. The van der Waals surface area contributed by atoms with Crippen molar-refractivity contribution in [3.63, 3.8) is 0 Å². The summed E-state index contributed by atoms with van der Waals surface area (Å²) in [5.74, 6) is 1.54. The second-order valence-corrected chi connectivity index (χ2v) is 8.14. The van der Waals surface area contributed by atoms with Crippen molar-refractivity contribution < 1.29 is 9.53 Å². The highest BCUT2D eigenvalue weighted by atomic mass is 16.5. The maximum atomic E-state index is 12.8. The first kappa shape index (κ1) is 21.0. The van der Waals surface area contributed by atoms with E-state index in [4.69, 9.17) is 4.74 Å². The Labute approximate surface area is 192 Å². The SMILES string of the molecule is COc1ccc(-c2cnc3c(Nc4ccc(C(=O)N5CCN(C)CC5)cc4)nccn23)cc1. The summed E-state index contributed by atoms with van der Waals surface area (Å²) in [6.07, 6.45) is 5.47. The highest BCUT2D eigenvalue weighted by Crippen LogP contribution is 2.26. The number of carbonyl (C=O) groups is 1. The fourth-order valence-corrected chi connectivity index (χ4v) is 4.01. The van der Waals surface area contributed by atoms with Crippen LogP contribution in [0.4, 0.5) is 11.5 Å². The van der Waals surface area contributed by atoms with Gasteiger partial charge in [0.25, 0.3) is 5.91 Å². The highest BCUT2D eigenvalue weighted by Gasteiger charge is 2.20. The van der Waals surface area contributed by atoms with Crippen LogP contribution in [0.1, 0.15) is 10.4 Å². The van der Waals surface area contributed by atoms with Gasteiger partial charge in [-0.3, -0.25) is 9.20 Å². The van der Waals surface area contributed by atoms with Gasteiger partial charge in [-0.05, 0) is 55.6 Å². The van der Waals surface area contributed by atoms with E-state index in [0.717, 1.165) is 54.5 Å². The maximum Gasteiger partial charge on any atom is 0.253 e. The number of hydrogen-bond acceptors (Lipinski definition) is 6. The Morgan fingerprint density at radius 3 is 2.39 bits per heavy atom. The van der Waals surface area contributed by atoms with E-state index >= 15 is 0 Å². The molecule has 33 heavy (non-hydrogen) atoms. The summed E-state index contributed by atoms with van der Waals surface area (Å²) in [5, 5.41) is 3.34. The number of aromatic nitrogens is 3. The summed E-state index contributed by atoms with van der Waals surface area (Å²) in [6, 6.07) is 15.4. The number of imidazole rings is 1. The van der Waals surface area contributed by atoms with Crippen molar-refractivity contribution >= 4 is 23.1 Å². The fourth-order valence-electron chi connectivity index (χ4n) is 4.01. The zero-order valence-electron chi connectivity index (χ0n) is 18.7. The Morgan fingerprint density at radius 2 is 1.70 bits per heavy atom. The standard InChI is InChI=1S/C25H26N6O2/c1-29-13-15-30(16-14-29)25(32)19-3-7-20(8-4-19)28-23-24-27-17-22(31(24)12-11-26-23)18-5-9-21(33-2)10-6-18/h3-12,17H,13-16H2,1-2H3,(H,26,28). The molecule has 1 amide bonds. The molecule has 168 valence electrons. The first-order chi connectivity index (χ1) is 16.1. The summed E-state index contributed by atoms with van der Waals surface area (Å²) in [7, 11) is 3.73. The summed E-state index contributed by atoms with van der Waals surface area (Å²) < 4.78 is 7.26. The van der Waals surface area contributed by atoms with Gasteiger partial charge in [0, 0.05) is 55.4 Å². The molecule has 0 spiro atoms. The van der Waals surface area contributed by atoms with E-state index in [1.165, 1.54) is 0 Å². The molecular weight excluding hydrogens is 416 g/mol. The van der Waals surface area contributed by atoms with Gasteiger partial charge in [-0.1, -0.05) is 0 Å². The van der Waals surface area contributed by atoms with Crippen LogP contribution >= 0.6 is 0 Å². The molecule has 0 atom stereocenters. The van der Waals surface area contributed by atoms with Crippen molar-refractivity contribution in [1.82, 2.24) is 24.2 Å². The molecule has 1 fully saturated rings. The van der Waals surface area contributed by atoms with Crippen LogP contribution in [0.15, 0.2) is 67.1 Å². The predicted octanol–water partition coefficient (Wildman–Crippen LogP) is 3.54. The van der Waals surface area contributed by atoms with Gasteiger partial charge >= 0.3 is 0 Å². The lowest BCUT2D eigenvalue weighted by atomic mass is 10.1. The van der Waals surface area contributed by atoms with E-state index in [0.29, 0.717) is 11.4 Å². The number of nitrogens with zero attached hydrogens (tertiary/aromatic N) is 5. The first-order valence-corrected chi connectivity index (χ1v) is 10.9. The van der Waals surface area contributed by atoms with Crippen LogP contribution in [-0.2, 0) is 0 Å². The molecule has 0 radical (unpaired) electrons. The lowest BCUT2D eigenvalue weighted by molar-refractivity contribution is 0.0664. The number of ether oxygens (including phenoxy) is 1. The number of piperazine rings is 1. The molecular formula is C25H26N6O2. The van der Waals surface area contributed by atoms with E-state index in [1.807, 2.05) is 70.2 Å². The molecule has 8 heteroatoms. The molecule has 1 saturated heterocycles. The minimum atomic E-state index is 0.0762. The largest absolute Gasteiger partial charge is 0.497 e. The molecule has 1 N–H and O–H groups in total. The zero-order chi connectivity index (χ0) is 22.8. The second-order valence-electron chi connectivity index (χ2n) is 8.14. The molecule has 0 unspecified atom stereocenters. The van der Waals surface area contributed by atoms with Crippen molar-refractivity contribution in [3.05, 3.63) is 72.7 Å². The molecule has 8 nitrogen and oxygen atoms in total. The van der Waals surface area contributed by atoms with E-state index in [2.05, 4.69) is 27.2 Å². The zero-order valence-corrected chi connectivity index (χ0v) is 18.7. The number of fused-ring (bicyclic) bond motifs is 1. The molecule has 0 saturated carbocycles. The Morgan fingerprint density at radius 1 is 0.970 bits per heavy atom. The number of benzene rings is 2. The number of amides is 1. The van der Waals surface area contributed by atoms with Gasteiger partial charge in [0.1, 0.15) is 5.75 Å². The highest BCUT2D eigenvalue weighted by molar-refractivity contribution is 5.94. The molecule has 1 aliphatic heterocycles. The number of hydrogen-bond donors (Lipinski definition) is 1. The van der Waals surface area contributed by atoms with Crippen molar-refractivity contribution in [3.8, 4) is 17.0 Å². The van der Waals surface area contributed by atoms with Crippen molar-refractivity contribution in [2.45, 2.75) is 0 Å². The van der Waals surface area contributed by atoms with Gasteiger partial charge in [-0.15, -0.1) is 0 Å². The lowest BCUT2D eigenvalue weighted by Gasteiger charge is -2.32. The van der Waals surface area contributed by atoms with Crippen LogP contribution in [0, 0.1) is 0 Å². The van der Waals surface area contributed by atoms with Gasteiger partial charge in [-0.2, -0.15) is 0 Å². The fraction of sp³-hybridized carbons (Fsp3) is 0.240.